The summed E-state index contributed by atoms with van der Waals surface area (Å²) >= 11 is 5.85. The van der Waals surface area contributed by atoms with Gasteiger partial charge in [0.1, 0.15) is 0 Å². The minimum absolute atomic E-state index is 0.457. The van der Waals surface area contributed by atoms with Gasteiger partial charge in [-0.1, -0.05) is 25.4 Å². The molecule has 0 spiro atoms. The minimum Gasteiger partial charge on any atom is -0.383 e. The molecule has 0 aliphatic heterocycles. The van der Waals surface area contributed by atoms with E-state index < -0.39 is 0 Å². The number of nitrogens with one attached hydrogen (secondary N) is 1. The van der Waals surface area contributed by atoms with Crippen LogP contribution in [-0.4, -0.2) is 19.3 Å². The van der Waals surface area contributed by atoms with Gasteiger partial charge in [-0.3, -0.25) is 0 Å². The van der Waals surface area contributed by atoms with E-state index in [2.05, 4.69) is 19.2 Å². The highest BCUT2D eigenvalue weighted by Crippen LogP contribution is 2.30. The topological polar surface area (TPSA) is 21.3 Å². The van der Waals surface area contributed by atoms with Crippen LogP contribution in [0.25, 0.3) is 0 Å². The van der Waals surface area contributed by atoms with Gasteiger partial charge in [-0.25, -0.2) is 0 Å². The first-order valence-corrected chi connectivity index (χ1v) is 7.64. The summed E-state index contributed by atoms with van der Waals surface area (Å²) in [7, 11) is 0. The molecule has 1 saturated carbocycles. The van der Waals surface area contributed by atoms with E-state index in [9.17, 15) is 0 Å². The third-order valence-corrected chi connectivity index (χ3v) is 4.43. The van der Waals surface area contributed by atoms with Gasteiger partial charge in [-0.2, -0.15) is 0 Å². The molecule has 3 unspecified atom stereocenters. The normalized spacial score (nSPS) is 27.2. The molecule has 3 atom stereocenters. The summed E-state index contributed by atoms with van der Waals surface area (Å²) in [6.45, 7) is 6.31. The van der Waals surface area contributed by atoms with E-state index in [1.54, 1.807) is 0 Å². The molecule has 0 aromatic heterocycles. The fourth-order valence-electron chi connectivity index (χ4n) is 2.64. The van der Waals surface area contributed by atoms with Crippen molar-refractivity contribution >= 4 is 17.3 Å². The zero-order chi connectivity index (χ0) is 13.7. The van der Waals surface area contributed by atoms with Gasteiger partial charge in [0.05, 0.1) is 12.7 Å². The first-order valence-electron chi connectivity index (χ1n) is 7.26. The molecule has 0 heterocycles. The zero-order valence-corrected chi connectivity index (χ0v) is 12.6. The molecule has 2 nitrogen and oxygen atoms in total. The third kappa shape index (κ3) is 4.70. The van der Waals surface area contributed by atoms with Gasteiger partial charge in [0.2, 0.25) is 0 Å². The number of halogens is 1. The molecular weight excluding hydrogens is 258 g/mol. The van der Waals surface area contributed by atoms with E-state index in [1.165, 1.54) is 19.3 Å². The van der Waals surface area contributed by atoms with Crippen molar-refractivity contribution in [1.82, 2.24) is 0 Å². The number of benzene rings is 1. The number of anilines is 1. The summed E-state index contributed by atoms with van der Waals surface area (Å²) in [5.41, 5.74) is 1.10. The lowest BCUT2D eigenvalue weighted by Crippen LogP contribution is -2.28. The fourth-order valence-corrected chi connectivity index (χ4v) is 2.76. The Morgan fingerprint density at radius 3 is 2.58 bits per heavy atom. The standard InChI is InChI=1S/C16H24ClNO/c1-12-3-8-16(11-13(12)2)19-10-9-18-15-6-4-14(17)5-7-15/h4-7,12-13,16,18H,3,8-11H2,1-2H3. The second-order valence-electron chi connectivity index (χ2n) is 5.69. The predicted octanol–water partition coefficient (Wildman–Crippen LogP) is 4.59. The maximum absolute atomic E-state index is 5.96. The maximum Gasteiger partial charge on any atom is 0.0642 e. The monoisotopic (exact) mass is 281 g/mol. The van der Waals surface area contributed by atoms with E-state index in [1.807, 2.05) is 24.3 Å². The van der Waals surface area contributed by atoms with Crippen molar-refractivity contribution in [3.8, 4) is 0 Å². The molecule has 1 aliphatic carbocycles. The van der Waals surface area contributed by atoms with E-state index in [0.29, 0.717) is 6.10 Å². The summed E-state index contributed by atoms with van der Waals surface area (Å²) in [5, 5.41) is 4.12. The molecule has 106 valence electrons. The Morgan fingerprint density at radius 1 is 1.16 bits per heavy atom. The van der Waals surface area contributed by atoms with E-state index >= 15 is 0 Å². The van der Waals surface area contributed by atoms with Crippen molar-refractivity contribution < 1.29 is 4.74 Å². The number of ether oxygens (including phenoxy) is 1. The van der Waals surface area contributed by atoms with E-state index in [4.69, 9.17) is 16.3 Å². The molecular formula is C16H24ClNO. The highest BCUT2D eigenvalue weighted by Gasteiger charge is 2.24. The zero-order valence-electron chi connectivity index (χ0n) is 11.9. The Balaban J connectivity index is 1.63. The highest BCUT2D eigenvalue weighted by molar-refractivity contribution is 6.30. The minimum atomic E-state index is 0.457. The number of rotatable bonds is 5. The van der Waals surface area contributed by atoms with Crippen molar-refractivity contribution in [1.29, 1.82) is 0 Å². The van der Waals surface area contributed by atoms with Crippen LogP contribution < -0.4 is 5.32 Å². The maximum atomic E-state index is 5.96. The van der Waals surface area contributed by atoms with Gasteiger partial charge >= 0.3 is 0 Å². The van der Waals surface area contributed by atoms with Crippen molar-refractivity contribution in [2.75, 3.05) is 18.5 Å². The van der Waals surface area contributed by atoms with Crippen LogP contribution in [0.15, 0.2) is 24.3 Å². The first kappa shape index (κ1) is 14.7. The molecule has 1 fully saturated rings. The summed E-state index contributed by atoms with van der Waals surface area (Å²) in [6.07, 6.45) is 4.18. The van der Waals surface area contributed by atoms with Crippen LogP contribution in [0.2, 0.25) is 5.02 Å². The van der Waals surface area contributed by atoms with Crippen LogP contribution >= 0.6 is 11.6 Å². The Labute approximate surface area is 121 Å². The predicted molar refractivity (Wildman–Crippen MR) is 81.9 cm³/mol. The molecule has 2 rings (SSSR count). The lowest BCUT2D eigenvalue weighted by molar-refractivity contribution is 0.00778. The smallest absolute Gasteiger partial charge is 0.0642 e. The van der Waals surface area contributed by atoms with Gasteiger partial charge in [0.25, 0.3) is 0 Å². The highest BCUT2D eigenvalue weighted by atomic mass is 35.5. The van der Waals surface area contributed by atoms with Crippen molar-refractivity contribution in [2.24, 2.45) is 11.8 Å². The number of hydrogen-bond acceptors (Lipinski definition) is 2. The first-order chi connectivity index (χ1) is 9.15. The lowest BCUT2D eigenvalue weighted by Gasteiger charge is -2.32. The van der Waals surface area contributed by atoms with Crippen LogP contribution in [-0.2, 0) is 4.74 Å². The van der Waals surface area contributed by atoms with Crippen LogP contribution in [0, 0.1) is 11.8 Å². The summed E-state index contributed by atoms with van der Waals surface area (Å²) in [5.74, 6) is 1.65. The molecule has 0 amide bonds. The van der Waals surface area contributed by atoms with Crippen LogP contribution in [0.5, 0.6) is 0 Å². The molecule has 0 saturated heterocycles. The quantitative estimate of drug-likeness (QED) is 0.797. The summed E-state index contributed by atoms with van der Waals surface area (Å²) < 4.78 is 5.96. The van der Waals surface area contributed by atoms with Gasteiger partial charge in [-0.05, 0) is 55.4 Å². The second-order valence-corrected chi connectivity index (χ2v) is 6.13. The van der Waals surface area contributed by atoms with Crippen LogP contribution in [0.4, 0.5) is 5.69 Å². The van der Waals surface area contributed by atoms with E-state index in [0.717, 1.165) is 35.7 Å². The van der Waals surface area contributed by atoms with Crippen LogP contribution in [0.3, 0.4) is 0 Å². The Morgan fingerprint density at radius 2 is 1.89 bits per heavy atom. The van der Waals surface area contributed by atoms with Crippen molar-refractivity contribution in [2.45, 2.75) is 39.2 Å². The SMILES string of the molecule is CC1CCC(OCCNc2ccc(Cl)cc2)CC1C. The molecule has 0 bridgehead atoms. The Bertz CT molecular complexity index is 379. The van der Waals surface area contributed by atoms with Crippen molar-refractivity contribution in [3.05, 3.63) is 29.3 Å². The fraction of sp³-hybridized carbons (Fsp3) is 0.625. The third-order valence-electron chi connectivity index (χ3n) is 4.18. The molecule has 0 radical (unpaired) electrons. The number of hydrogen-bond donors (Lipinski definition) is 1. The van der Waals surface area contributed by atoms with Crippen LogP contribution in [0.1, 0.15) is 33.1 Å². The molecule has 3 heteroatoms. The Hall–Kier alpha value is -0.730. The van der Waals surface area contributed by atoms with Crippen molar-refractivity contribution in [3.63, 3.8) is 0 Å². The average molecular weight is 282 g/mol. The molecule has 1 N–H and O–H groups in total. The molecule has 19 heavy (non-hydrogen) atoms. The van der Waals surface area contributed by atoms with Gasteiger partial charge in [-0.15, -0.1) is 0 Å². The van der Waals surface area contributed by atoms with Gasteiger partial charge in [0.15, 0.2) is 0 Å². The summed E-state index contributed by atoms with van der Waals surface area (Å²) in [4.78, 5) is 0. The average Bonchev–Trinajstić information content (AvgIpc) is 2.41. The molecule has 1 aliphatic rings. The lowest BCUT2D eigenvalue weighted by atomic mass is 9.80. The van der Waals surface area contributed by atoms with Gasteiger partial charge in [0, 0.05) is 17.3 Å². The Kier molecular flexibility index (Phi) is 5.53. The molecule has 1 aromatic rings. The van der Waals surface area contributed by atoms with Gasteiger partial charge < -0.3 is 10.1 Å². The van der Waals surface area contributed by atoms with E-state index in [-0.39, 0.29) is 0 Å². The molecule has 1 aromatic carbocycles. The summed E-state index contributed by atoms with van der Waals surface area (Å²) in [6, 6.07) is 7.78. The largest absolute Gasteiger partial charge is 0.383 e. The second kappa shape index (κ2) is 7.16.